The van der Waals surface area contributed by atoms with E-state index in [2.05, 4.69) is 249 Å². The molecule has 26 nitrogen and oxygen atoms in total. The van der Waals surface area contributed by atoms with E-state index in [0.717, 1.165) is 143 Å². The minimum Gasteiger partial charge on any atom is -0.445 e. The molecule has 0 bridgehead atoms. The molecule has 756 valence electrons. The molecule has 4 aliphatic heterocycles. The topological polar surface area (TPSA) is 282 Å². The van der Waals surface area contributed by atoms with E-state index in [9.17, 15) is 24.0 Å². The Labute approximate surface area is 858 Å². The number of carbonyl (C=O) groups excluding carboxylic acids is 5. The molecule has 2 saturated heterocycles. The fourth-order valence-electron chi connectivity index (χ4n) is 15.2. The summed E-state index contributed by atoms with van der Waals surface area (Å²) in [4.78, 5) is 103. The van der Waals surface area contributed by atoms with E-state index >= 15 is 0 Å². The Hall–Kier alpha value is -14.9. The molecule has 13 heterocycles. The largest absolute Gasteiger partial charge is 0.494 e. The third-order valence-corrected chi connectivity index (χ3v) is 23.7. The van der Waals surface area contributed by atoms with Gasteiger partial charge in [-0.25, -0.2) is 19.4 Å². The number of para-hydroxylation sites is 1. The monoisotopic (exact) mass is 1950 g/mol. The van der Waals surface area contributed by atoms with Crippen LogP contribution in [0.5, 0.6) is 0 Å². The molecule has 27 heteroatoms. The molecule has 0 saturated carbocycles. The van der Waals surface area contributed by atoms with Gasteiger partial charge in [0.2, 0.25) is 5.69 Å². The number of imide groups is 2. The molecule has 2 fully saturated rings. The molecule has 145 heavy (non-hydrogen) atoms. The first-order valence-corrected chi connectivity index (χ1v) is 49.3. The smallest absolute Gasteiger partial charge is 0.445 e. The number of amides is 7. The number of aromatic nitrogens is 9. The molecule has 9 aromatic heterocycles. The van der Waals surface area contributed by atoms with Crippen LogP contribution in [0.3, 0.4) is 0 Å². The second-order valence-electron chi connectivity index (χ2n) is 36.9. The number of likely N-dealkylation sites (N-methyl/N-ethyl adjacent to an activating group) is 1. The number of urea groups is 2. The summed E-state index contributed by atoms with van der Waals surface area (Å²) in [6, 6.07) is 82.9. The Bertz CT molecular complexity index is 6040. The maximum Gasteiger partial charge on any atom is 0.494 e. The molecule has 0 aliphatic carbocycles. The van der Waals surface area contributed by atoms with Crippen LogP contribution >= 0.6 is 0 Å². The normalized spacial score (nSPS) is 13.7. The molecule has 4 aliphatic rings. The summed E-state index contributed by atoms with van der Waals surface area (Å²) in [6.07, 6.45) is 26.4. The molecule has 0 unspecified atom stereocenters. The van der Waals surface area contributed by atoms with Crippen molar-refractivity contribution in [3.05, 3.63) is 407 Å². The lowest BCUT2D eigenvalue weighted by Gasteiger charge is -2.32. The van der Waals surface area contributed by atoms with Gasteiger partial charge in [0.15, 0.2) is 5.71 Å². The van der Waals surface area contributed by atoms with Crippen molar-refractivity contribution in [1.82, 2.24) is 80.0 Å². The number of aryl methyl sites for hydroxylation is 5. The van der Waals surface area contributed by atoms with Crippen molar-refractivity contribution in [3.8, 4) is 22.8 Å². The van der Waals surface area contributed by atoms with Crippen molar-refractivity contribution >= 4 is 60.0 Å². The summed E-state index contributed by atoms with van der Waals surface area (Å²) < 4.78 is 24.6. The number of pyridine rings is 9. The fraction of sp³-hybridized carbons (Fsp3) is 0.314. The van der Waals surface area contributed by atoms with Crippen molar-refractivity contribution in [1.29, 1.82) is 0 Å². The molecule has 13 aromatic rings. The van der Waals surface area contributed by atoms with Crippen LogP contribution in [0.25, 0.3) is 28.9 Å². The first-order chi connectivity index (χ1) is 69.7. The van der Waals surface area contributed by atoms with Crippen LogP contribution < -0.4 is 16.1 Å². The number of unbranched alkanes of at least 4 members (excludes halogenated alkanes) is 3. The van der Waals surface area contributed by atoms with Gasteiger partial charge in [0.25, 0.3) is 11.8 Å². The molecular formula is C118H143BN17O9+. The average Bonchev–Trinajstić information content (AvgIpc) is 1.59. The van der Waals surface area contributed by atoms with Crippen LogP contribution in [0.2, 0.25) is 0 Å². The maximum absolute atomic E-state index is 11.4. The highest BCUT2D eigenvalue weighted by Gasteiger charge is 2.52. The Kier molecular flexibility index (Phi) is 46.0. The molecular weight excluding hydrogens is 1810 g/mol. The number of nitrogens with zero attached hydrogens (tertiary/aromatic N) is 15. The van der Waals surface area contributed by atoms with Gasteiger partial charge in [-0.3, -0.25) is 79.7 Å². The highest BCUT2D eigenvalue weighted by Crippen LogP contribution is 2.41. The van der Waals surface area contributed by atoms with Gasteiger partial charge in [-0.1, -0.05) is 184 Å². The highest BCUT2D eigenvalue weighted by atomic mass is 16.7. The number of hydrogen-bond acceptors (Lipinski definition) is 20. The van der Waals surface area contributed by atoms with E-state index in [1.165, 1.54) is 93.0 Å². The van der Waals surface area contributed by atoms with E-state index in [0.29, 0.717) is 19.0 Å². The van der Waals surface area contributed by atoms with Crippen LogP contribution in [0.1, 0.15) is 179 Å². The van der Waals surface area contributed by atoms with E-state index < -0.39 is 12.1 Å². The SMILES string of the molecule is C=C1NC(=O)NC(=O)N1CCCCOC.CC.CCCCC[N+]1=C(/C=C/c2ccc(C)cc2)C(C)(C)c2ccccc21.CN(C)C(=O)OCc1ccc(B2OC(C)(C)C(C)(C)O2)cc1.CN(Cc1ccccn1)CN(Cc1ccccn1)Cc1ccccn1.CN1C(=O)C=CC1=O.Cc1cc(-c2ccccn2)nc(-c2ccccn2)c1.Cc1cc(Cc2ccccn2)nc(Cc2ccccn2)c1.Cc1ccc(C)cc1. The molecule has 17 rings (SSSR count). The van der Waals surface area contributed by atoms with Crippen LogP contribution in [-0.2, 0) is 72.9 Å². The average molecular weight is 1950 g/mol. The highest BCUT2D eigenvalue weighted by molar-refractivity contribution is 6.62. The van der Waals surface area contributed by atoms with Crippen LogP contribution in [0, 0.1) is 34.6 Å². The van der Waals surface area contributed by atoms with Crippen LogP contribution in [0.15, 0.2) is 323 Å². The van der Waals surface area contributed by atoms with Gasteiger partial charge in [-0.15, -0.1) is 0 Å². The molecule has 4 aromatic carbocycles. The van der Waals surface area contributed by atoms with Crippen molar-refractivity contribution in [2.45, 2.75) is 185 Å². The number of carbonyl (C=O) groups is 5. The lowest BCUT2D eigenvalue weighted by molar-refractivity contribution is -0.438. The van der Waals surface area contributed by atoms with Gasteiger partial charge in [0.05, 0.1) is 63.1 Å². The number of rotatable bonds is 28. The summed E-state index contributed by atoms with van der Waals surface area (Å²) in [5.41, 5.74) is 24.0. The number of fused-ring (bicyclic) bond motifs is 1. The summed E-state index contributed by atoms with van der Waals surface area (Å²) >= 11 is 0. The molecule has 0 atom stereocenters. The molecule has 0 radical (unpaired) electrons. The summed E-state index contributed by atoms with van der Waals surface area (Å²) in [7, 11) is 8.13. The van der Waals surface area contributed by atoms with Gasteiger partial charge >= 0.3 is 25.3 Å². The zero-order chi connectivity index (χ0) is 105. The van der Waals surface area contributed by atoms with E-state index in [-0.39, 0.29) is 48.2 Å². The third-order valence-electron chi connectivity index (χ3n) is 23.7. The second-order valence-corrected chi connectivity index (χ2v) is 36.9. The van der Waals surface area contributed by atoms with Crippen molar-refractivity contribution in [2.24, 2.45) is 0 Å². The zero-order valence-corrected chi connectivity index (χ0v) is 87.8. The van der Waals surface area contributed by atoms with Crippen molar-refractivity contribution < 1.29 is 47.3 Å². The van der Waals surface area contributed by atoms with Crippen LogP contribution in [-0.4, -0.2) is 190 Å². The first-order valence-electron chi connectivity index (χ1n) is 49.3. The molecule has 7 amide bonds. The zero-order valence-electron chi connectivity index (χ0n) is 87.8. The van der Waals surface area contributed by atoms with E-state index in [1.54, 1.807) is 33.6 Å². The quantitative estimate of drug-likeness (QED) is 0.0151. The van der Waals surface area contributed by atoms with E-state index in [1.807, 2.05) is 218 Å². The first kappa shape index (κ1) is 114. The minimum atomic E-state index is -0.529. The number of ether oxygens (including phenoxy) is 2. The van der Waals surface area contributed by atoms with Gasteiger partial charge in [0, 0.05) is 176 Å². The lowest BCUT2D eigenvalue weighted by atomic mass is 9.79. The predicted molar refractivity (Wildman–Crippen MR) is 580 cm³/mol. The number of allylic oxidation sites excluding steroid dienone is 1. The Morgan fingerprint density at radius 1 is 0.490 bits per heavy atom. The van der Waals surface area contributed by atoms with Crippen molar-refractivity contribution in [3.63, 3.8) is 0 Å². The fourth-order valence-corrected chi connectivity index (χ4v) is 15.2. The molecule has 2 N–H and O–H groups in total. The number of nitrogens with one attached hydrogen (secondary N) is 2. The van der Waals surface area contributed by atoms with Gasteiger partial charge in [-0.2, -0.15) is 4.58 Å². The van der Waals surface area contributed by atoms with Gasteiger partial charge in [0.1, 0.15) is 19.0 Å². The summed E-state index contributed by atoms with van der Waals surface area (Å²) in [5.74, 6) is -0.161. The number of benzene rings is 4. The summed E-state index contributed by atoms with van der Waals surface area (Å²) in [5, 5.41) is 4.58. The lowest BCUT2D eigenvalue weighted by Crippen LogP contribution is -2.55. The second kappa shape index (κ2) is 58.6. The third kappa shape index (κ3) is 37.8. The predicted octanol–water partition coefficient (Wildman–Crippen LogP) is 21.8. The number of methoxy groups -OCH3 is 1. The van der Waals surface area contributed by atoms with Crippen molar-refractivity contribution in [2.75, 3.05) is 61.7 Å². The van der Waals surface area contributed by atoms with Gasteiger partial charge < -0.3 is 23.7 Å². The Morgan fingerprint density at radius 3 is 1.37 bits per heavy atom. The number of hydrogen-bond donors (Lipinski definition) is 2. The minimum absolute atomic E-state index is 0.0456. The molecule has 0 spiro atoms. The van der Waals surface area contributed by atoms with E-state index in [4.69, 9.17) is 23.8 Å². The Morgan fingerprint density at radius 2 is 0.938 bits per heavy atom. The summed E-state index contributed by atoms with van der Waals surface area (Å²) in [6.45, 7) is 38.9. The maximum atomic E-state index is 11.4. The van der Waals surface area contributed by atoms with Crippen LogP contribution in [0.4, 0.5) is 20.1 Å². The standard InChI is InChI=1S/C24H30N.C20H23N5.C18H17N3.C16H24BNO4.C16H13N3.C9H15N3O3.C8H10.C5H5NO2.C2H6/c1-5-6-9-18-25-22-11-8-7-10-21(22)24(3,4)23(25)17-16-20-14-12-19(2)13-15-20;1-24(14-18-8-2-5-11-21-18)17-25(15-19-9-3-6-12-22-19)16-20-10-4-7-13-23-20;1-14-10-17(12-15-6-2-4-8-19-15)21-18(11-14)13-16-7-3-5-9-20-16;1-15(2)16(3,4)22-17(21-15)13-9-7-12(8-10-13)11-20-14(19)18(5)6;1-12-10-15(13-6-2-4-8-17-13)19-16(11-12)14-7-3-5-9-18-14;1-7-10-8(13)11-9(14)12(7)5-3-4-6-15-2;1-7-3-5-8(2)6-4-7;1-6-4(7)2-3-5(6)8;1-2/h7-8,10-17H,5-6,9,18H2,1-4H3;2-13H,14-17H2,1H3;2-11H,12-13H2,1H3;7-10H,11H2,1-6H3;2-11H,1H3;1,3-6H2,2H3,(H2,10,11,13,14);3-6H,1-2H3;2-3H,1H3;1-2H3/q+1;;;;;;;;/b17-16+;;;;;;;;. The Balaban J connectivity index is 0.000000188. The van der Waals surface area contributed by atoms with Gasteiger partial charge in [-0.05, 0) is 245 Å².